The van der Waals surface area contributed by atoms with E-state index in [1.165, 1.54) is 11.3 Å². The van der Waals surface area contributed by atoms with Gasteiger partial charge in [-0.1, -0.05) is 23.5 Å². The lowest BCUT2D eigenvalue weighted by Gasteiger charge is -2.07. The fourth-order valence-corrected chi connectivity index (χ4v) is 4.28. The Labute approximate surface area is 142 Å². The molecule has 3 aromatic rings. The van der Waals surface area contributed by atoms with E-state index in [1.54, 1.807) is 11.3 Å². The van der Waals surface area contributed by atoms with Gasteiger partial charge in [-0.3, -0.25) is 4.79 Å². The summed E-state index contributed by atoms with van der Waals surface area (Å²) in [5.41, 5.74) is 1.02. The number of thiazole rings is 1. The van der Waals surface area contributed by atoms with E-state index < -0.39 is 0 Å². The summed E-state index contributed by atoms with van der Waals surface area (Å²) in [6.07, 6.45) is 0.355. The SMILES string of the molecule is CCOc1cccc2sc(=NC(=O)Cc3cccs3)n(CC)c12. The fourth-order valence-electron chi connectivity index (χ4n) is 2.46. The van der Waals surface area contributed by atoms with Crippen molar-refractivity contribution in [2.24, 2.45) is 4.99 Å². The van der Waals surface area contributed by atoms with Gasteiger partial charge in [0.1, 0.15) is 11.3 Å². The molecule has 4 nitrogen and oxygen atoms in total. The number of aromatic nitrogens is 1. The Bertz CT molecular complexity index is 876. The number of carbonyl (C=O) groups is 1. The van der Waals surface area contributed by atoms with Crippen molar-refractivity contribution < 1.29 is 9.53 Å². The van der Waals surface area contributed by atoms with Gasteiger partial charge in [-0.05, 0) is 37.4 Å². The van der Waals surface area contributed by atoms with Crippen molar-refractivity contribution in [1.29, 1.82) is 0 Å². The van der Waals surface area contributed by atoms with Gasteiger partial charge in [0.25, 0.3) is 5.91 Å². The maximum atomic E-state index is 12.2. The number of fused-ring (bicyclic) bond motifs is 1. The Morgan fingerprint density at radius 1 is 1.26 bits per heavy atom. The minimum absolute atomic E-state index is 0.112. The average Bonchev–Trinajstić information content (AvgIpc) is 3.15. The van der Waals surface area contributed by atoms with Crippen molar-refractivity contribution in [3.8, 4) is 5.75 Å². The zero-order valence-corrected chi connectivity index (χ0v) is 14.7. The number of benzene rings is 1. The zero-order valence-electron chi connectivity index (χ0n) is 13.1. The molecule has 0 atom stereocenters. The zero-order chi connectivity index (χ0) is 16.2. The van der Waals surface area contributed by atoms with Crippen molar-refractivity contribution >= 4 is 38.8 Å². The molecule has 0 aliphatic carbocycles. The van der Waals surface area contributed by atoms with E-state index in [1.807, 2.05) is 42.6 Å². The Kier molecular flexibility index (Phi) is 4.93. The molecule has 6 heteroatoms. The summed E-state index contributed by atoms with van der Waals surface area (Å²) in [6, 6.07) is 9.89. The van der Waals surface area contributed by atoms with Gasteiger partial charge in [0, 0.05) is 11.4 Å². The van der Waals surface area contributed by atoms with Crippen LogP contribution in [0.2, 0.25) is 0 Å². The highest BCUT2D eigenvalue weighted by Crippen LogP contribution is 2.27. The quantitative estimate of drug-likeness (QED) is 0.704. The second-order valence-electron chi connectivity index (χ2n) is 4.93. The number of hydrogen-bond acceptors (Lipinski definition) is 4. The number of rotatable bonds is 5. The summed E-state index contributed by atoms with van der Waals surface area (Å²) < 4.78 is 8.86. The maximum absolute atomic E-state index is 12.2. The van der Waals surface area contributed by atoms with Gasteiger partial charge in [-0.15, -0.1) is 11.3 Å². The van der Waals surface area contributed by atoms with Gasteiger partial charge in [0.15, 0.2) is 4.80 Å². The van der Waals surface area contributed by atoms with E-state index >= 15 is 0 Å². The highest BCUT2D eigenvalue weighted by atomic mass is 32.1. The average molecular weight is 346 g/mol. The van der Waals surface area contributed by atoms with Crippen molar-refractivity contribution in [1.82, 2.24) is 4.57 Å². The van der Waals surface area contributed by atoms with Crippen LogP contribution < -0.4 is 9.54 Å². The number of hydrogen-bond donors (Lipinski definition) is 0. The van der Waals surface area contributed by atoms with Crippen molar-refractivity contribution in [3.63, 3.8) is 0 Å². The minimum atomic E-state index is -0.112. The molecule has 120 valence electrons. The van der Waals surface area contributed by atoms with Crippen LogP contribution in [0.4, 0.5) is 0 Å². The van der Waals surface area contributed by atoms with Gasteiger partial charge < -0.3 is 9.30 Å². The summed E-state index contributed by atoms with van der Waals surface area (Å²) in [6.45, 7) is 5.38. The molecule has 0 saturated heterocycles. The largest absolute Gasteiger partial charge is 0.492 e. The van der Waals surface area contributed by atoms with Crippen LogP contribution >= 0.6 is 22.7 Å². The van der Waals surface area contributed by atoms with Crippen molar-refractivity contribution in [2.75, 3.05) is 6.61 Å². The number of amides is 1. The molecule has 2 heterocycles. The monoisotopic (exact) mass is 346 g/mol. The van der Waals surface area contributed by atoms with Crippen molar-refractivity contribution in [2.45, 2.75) is 26.8 Å². The lowest BCUT2D eigenvalue weighted by molar-refractivity contribution is -0.117. The molecule has 0 spiro atoms. The van der Waals surface area contributed by atoms with Crippen LogP contribution in [0.3, 0.4) is 0 Å². The standard InChI is InChI=1S/C17H18N2O2S2/c1-3-19-16-13(21-4-2)8-5-9-14(16)23-17(19)18-15(20)11-12-7-6-10-22-12/h5-10H,3-4,11H2,1-2H3. The normalized spacial score (nSPS) is 12.0. The van der Waals surface area contributed by atoms with E-state index in [4.69, 9.17) is 4.74 Å². The Balaban J connectivity index is 2.05. The summed E-state index contributed by atoms with van der Waals surface area (Å²) in [5, 5.41) is 1.97. The maximum Gasteiger partial charge on any atom is 0.253 e. The highest BCUT2D eigenvalue weighted by molar-refractivity contribution is 7.16. The number of aryl methyl sites for hydroxylation is 1. The number of ether oxygens (including phenoxy) is 1. The van der Waals surface area contributed by atoms with Gasteiger partial charge >= 0.3 is 0 Å². The molecule has 23 heavy (non-hydrogen) atoms. The van der Waals surface area contributed by atoms with Crippen LogP contribution in [0.5, 0.6) is 5.75 Å². The highest BCUT2D eigenvalue weighted by Gasteiger charge is 2.11. The minimum Gasteiger partial charge on any atom is -0.492 e. The predicted molar refractivity (Wildman–Crippen MR) is 95.3 cm³/mol. The first kappa shape index (κ1) is 16.0. The first-order valence-electron chi connectivity index (χ1n) is 7.58. The van der Waals surface area contributed by atoms with Gasteiger partial charge in [-0.25, -0.2) is 0 Å². The molecule has 0 radical (unpaired) electrons. The third-order valence-corrected chi connectivity index (χ3v) is 5.33. The van der Waals surface area contributed by atoms with Crippen LogP contribution in [0.1, 0.15) is 18.7 Å². The van der Waals surface area contributed by atoms with Gasteiger partial charge in [0.05, 0.1) is 17.7 Å². The van der Waals surface area contributed by atoms with E-state index in [0.717, 1.165) is 32.2 Å². The Hall–Kier alpha value is -1.92. The topological polar surface area (TPSA) is 43.6 Å². The second kappa shape index (κ2) is 7.10. The number of thiophene rings is 1. The Morgan fingerprint density at radius 2 is 2.13 bits per heavy atom. The second-order valence-corrected chi connectivity index (χ2v) is 6.97. The third kappa shape index (κ3) is 3.38. The van der Waals surface area contributed by atoms with Crippen LogP contribution in [0.15, 0.2) is 40.7 Å². The van der Waals surface area contributed by atoms with Crippen LogP contribution in [0.25, 0.3) is 10.2 Å². The van der Waals surface area contributed by atoms with Crippen LogP contribution in [-0.2, 0) is 17.8 Å². The molecule has 1 amide bonds. The fraction of sp³-hybridized carbons (Fsp3) is 0.294. The first-order chi connectivity index (χ1) is 11.2. The molecule has 0 aliphatic heterocycles. The molecule has 0 unspecified atom stereocenters. The summed E-state index contributed by atoms with van der Waals surface area (Å²) in [4.78, 5) is 18.3. The summed E-state index contributed by atoms with van der Waals surface area (Å²) in [5.74, 6) is 0.731. The predicted octanol–water partition coefficient (Wildman–Crippen LogP) is 3.85. The molecule has 0 bridgehead atoms. The number of nitrogens with zero attached hydrogens (tertiary/aromatic N) is 2. The van der Waals surface area contributed by atoms with E-state index in [9.17, 15) is 4.79 Å². The summed E-state index contributed by atoms with van der Waals surface area (Å²) >= 11 is 3.11. The van der Waals surface area contributed by atoms with Crippen LogP contribution in [0, 0.1) is 0 Å². The van der Waals surface area contributed by atoms with E-state index in [2.05, 4.69) is 16.5 Å². The van der Waals surface area contributed by atoms with E-state index in [-0.39, 0.29) is 5.91 Å². The lowest BCUT2D eigenvalue weighted by Crippen LogP contribution is -2.16. The molecular weight excluding hydrogens is 328 g/mol. The first-order valence-corrected chi connectivity index (χ1v) is 9.27. The molecule has 0 N–H and O–H groups in total. The molecule has 0 saturated carbocycles. The molecule has 1 aromatic carbocycles. The number of carbonyl (C=O) groups excluding carboxylic acids is 1. The molecule has 2 aromatic heterocycles. The van der Waals surface area contributed by atoms with Gasteiger partial charge in [-0.2, -0.15) is 4.99 Å². The van der Waals surface area contributed by atoms with Gasteiger partial charge in [0.2, 0.25) is 0 Å². The molecular formula is C17H18N2O2S2. The summed E-state index contributed by atoms with van der Waals surface area (Å²) in [7, 11) is 0. The Morgan fingerprint density at radius 3 is 2.83 bits per heavy atom. The lowest BCUT2D eigenvalue weighted by atomic mass is 10.3. The smallest absolute Gasteiger partial charge is 0.253 e. The third-order valence-electron chi connectivity index (χ3n) is 3.41. The molecule has 0 fully saturated rings. The van der Waals surface area contributed by atoms with Crippen LogP contribution in [-0.4, -0.2) is 17.1 Å². The van der Waals surface area contributed by atoms with Crippen molar-refractivity contribution in [3.05, 3.63) is 45.4 Å². The number of para-hydroxylation sites is 1. The molecule has 0 aliphatic rings. The van der Waals surface area contributed by atoms with E-state index in [0.29, 0.717) is 13.0 Å². The molecule has 3 rings (SSSR count).